The maximum absolute atomic E-state index is 14.1. The molecule has 0 spiro atoms. The number of benzene rings is 2. The molecule has 2 aromatic carbocycles. The number of thioether (sulfide) groups is 1. The number of carboxylic acid groups (broad SMARTS) is 2. The largest absolute Gasteiger partial charge is 0.480 e. The minimum atomic E-state index is -2.05. The van der Waals surface area contributed by atoms with Crippen molar-refractivity contribution in [3.63, 3.8) is 0 Å². The van der Waals surface area contributed by atoms with Crippen LogP contribution in [0.15, 0.2) is 60.7 Å². The van der Waals surface area contributed by atoms with Crippen LogP contribution in [0.25, 0.3) is 0 Å². The summed E-state index contributed by atoms with van der Waals surface area (Å²) in [7, 11) is 0. The van der Waals surface area contributed by atoms with Crippen molar-refractivity contribution in [2.75, 3.05) is 45.8 Å². The molecule has 0 saturated carbocycles. The molecule has 0 radical (unpaired) electrons. The molecular formula is C40H47N9O13S. The SMILES string of the molecule is CCN1CCN(C(=O)N[C@@H](C(=O)NCC(=O)N2C(C(NC(=O)[C@H](NC(=O)N3CCN(CC)C(=O)C3=O)c3ccccc3)C(=O)O)SC(C)(C)[C@@H]2C(=O)O)c2ccccc2)C(=O)C1=O. The van der Waals surface area contributed by atoms with Gasteiger partial charge in [0.2, 0.25) is 17.7 Å². The van der Waals surface area contributed by atoms with Gasteiger partial charge in [-0.05, 0) is 38.8 Å². The summed E-state index contributed by atoms with van der Waals surface area (Å²) in [5, 5.41) is 28.8. The summed E-state index contributed by atoms with van der Waals surface area (Å²) in [6, 6.07) is 6.00. The second-order valence-electron chi connectivity index (χ2n) is 15.0. The number of carbonyl (C=O) groups is 11. The summed E-state index contributed by atoms with van der Waals surface area (Å²) in [6.07, 6.45) is 0. The average molecular weight is 894 g/mol. The van der Waals surface area contributed by atoms with Crippen molar-refractivity contribution in [2.45, 2.75) is 62.0 Å². The Balaban J connectivity index is 1.38. The van der Waals surface area contributed by atoms with Crippen LogP contribution in [-0.2, 0) is 43.2 Å². The van der Waals surface area contributed by atoms with E-state index < -0.39 is 106 Å². The summed E-state index contributed by atoms with van der Waals surface area (Å²) in [5.41, 5.74) is 0.338. The van der Waals surface area contributed by atoms with Crippen LogP contribution in [0.1, 0.15) is 50.9 Å². The van der Waals surface area contributed by atoms with Crippen LogP contribution in [0.4, 0.5) is 9.59 Å². The van der Waals surface area contributed by atoms with Crippen molar-refractivity contribution >= 4 is 77.1 Å². The number of hydrogen-bond acceptors (Lipinski definition) is 12. The molecule has 5 atom stereocenters. The molecule has 336 valence electrons. The van der Waals surface area contributed by atoms with Gasteiger partial charge in [-0.15, -0.1) is 11.8 Å². The van der Waals surface area contributed by atoms with E-state index in [1.165, 1.54) is 60.0 Å². The van der Waals surface area contributed by atoms with Crippen LogP contribution in [0, 0.1) is 0 Å². The van der Waals surface area contributed by atoms with Gasteiger partial charge in [0.05, 0.1) is 6.54 Å². The van der Waals surface area contributed by atoms with Gasteiger partial charge in [0.15, 0.2) is 6.04 Å². The van der Waals surface area contributed by atoms with Crippen molar-refractivity contribution in [3.05, 3.63) is 71.8 Å². The number of imide groups is 2. The summed E-state index contributed by atoms with van der Waals surface area (Å²) < 4.78 is -1.40. The third-order valence-corrected chi connectivity index (χ3v) is 12.2. The molecule has 5 rings (SSSR count). The number of carboxylic acids is 2. The van der Waals surface area contributed by atoms with Crippen LogP contribution in [-0.4, -0.2) is 168 Å². The smallest absolute Gasteiger partial charge is 0.329 e. The maximum atomic E-state index is 14.1. The zero-order valence-electron chi connectivity index (χ0n) is 34.6. The molecule has 0 aliphatic carbocycles. The Morgan fingerprint density at radius 3 is 1.52 bits per heavy atom. The number of urea groups is 2. The highest BCUT2D eigenvalue weighted by Gasteiger charge is 2.57. The molecule has 2 unspecified atom stereocenters. The van der Waals surface area contributed by atoms with E-state index in [9.17, 15) is 63.0 Å². The lowest BCUT2D eigenvalue weighted by Gasteiger charge is -2.34. The van der Waals surface area contributed by atoms with Crippen LogP contribution < -0.4 is 21.3 Å². The predicted molar refractivity (Wildman–Crippen MR) is 220 cm³/mol. The van der Waals surface area contributed by atoms with Gasteiger partial charge in [-0.1, -0.05) is 60.7 Å². The molecule has 6 N–H and O–H groups in total. The number of nitrogens with zero attached hydrogens (tertiary/aromatic N) is 5. The van der Waals surface area contributed by atoms with Gasteiger partial charge >= 0.3 is 47.6 Å². The minimum Gasteiger partial charge on any atom is -0.480 e. The molecule has 0 bridgehead atoms. The Bertz CT molecular complexity index is 2180. The van der Waals surface area contributed by atoms with Crippen LogP contribution >= 0.6 is 11.8 Å². The van der Waals surface area contributed by atoms with Crippen LogP contribution in [0.3, 0.4) is 0 Å². The molecule has 3 aliphatic rings. The highest BCUT2D eigenvalue weighted by atomic mass is 32.2. The summed E-state index contributed by atoms with van der Waals surface area (Å²) in [5.74, 6) is -10.6. The summed E-state index contributed by atoms with van der Waals surface area (Å²) in [6.45, 7) is 5.42. The van der Waals surface area contributed by atoms with E-state index in [1.54, 1.807) is 38.1 Å². The van der Waals surface area contributed by atoms with E-state index in [-0.39, 0.29) is 50.4 Å². The van der Waals surface area contributed by atoms with E-state index in [0.29, 0.717) is 14.7 Å². The zero-order chi connectivity index (χ0) is 46.3. The predicted octanol–water partition coefficient (Wildman–Crippen LogP) is -0.911. The van der Waals surface area contributed by atoms with Crippen molar-refractivity contribution in [3.8, 4) is 0 Å². The highest BCUT2D eigenvalue weighted by Crippen LogP contribution is 2.46. The third kappa shape index (κ3) is 10.2. The second-order valence-corrected chi connectivity index (χ2v) is 16.7. The van der Waals surface area contributed by atoms with Gasteiger partial charge in [0.25, 0.3) is 0 Å². The number of amides is 11. The second kappa shape index (κ2) is 19.8. The molecular weight excluding hydrogens is 847 g/mol. The molecule has 3 fully saturated rings. The molecule has 63 heavy (non-hydrogen) atoms. The molecule has 3 saturated heterocycles. The van der Waals surface area contributed by atoms with E-state index in [0.717, 1.165) is 11.8 Å². The first-order chi connectivity index (χ1) is 29.8. The monoisotopic (exact) mass is 893 g/mol. The van der Waals surface area contributed by atoms with E-state index >= 15 is 0 Å². The number of carbonyl (C=O) groups excluding carboxylic acids is 9. The number of piperazine rings is 2. The average Bonchev–Trinajstić information content (AvgIpc) is 3.55. The number of aliphatic carboxylic acids is 2. The fourth-order valence-electron chi connectivity index (χ4n) is 7.33. The number of likely N-dealkylation sites (N-methyl/N-ethyl adjacent to an activating group) is 2. The highest BCUT2D eigenvalue weighted by molar-refractivity contribution is 8.01. The molecule has 3 aliphatic heterocycles. The Kier molecular flexibility index (Phi) is 14.8. The normalized spacial score (nSPS) is 20.1. The van der Waals surface area contributed by atoms with Crippen LogP contribution in [0.2, 0.25) is 0 Å². The minimum absolute atomic E-state index is 0.0307. The number of rotatable bonds is 14. The molecule has 3 heterocycles. The lowest BCUT2D eigenvalue weighted by molar-refractivity contribution is -0.153. The van der Waals surface area contributed by atoms with E-state index in [4.69, 9.17) is 0 Å². The number of nitrogens with one attached hydrogen (secondary N) is 4. The van der Waals surface area contributed by atoms with Gasteiger partial charge < -0.3 is 46.2 Å². The quantitative estimate of drug-likeness (QED) is 0.125. The molecule has 23 heteroatoms. The Morgan fingerprint density at radius 2 is 1.11 bits per heavy atom. The first-order valence-corrected chi connectivity index (χ1v) is 20.7. The van der Waals surface area contributed by atoms with Crippen molar-refractivity contribution < 1.29 is 63.0 Å². The Hall–Kier alpha value is -7.04. The van der Waals surface area contributed by atoms with E-state index in [2.05, 4.69) is 21.3 Å². The van der Waals surface area contributed by atoms with Crippen molar-refractivity contribution in [2.24, 2.45) is 0 Å². The Labute approximate surface area is 364 Å². The lowest BCUT2D eigenvalue weighted by Crippen LogP contribution is -2.61. The topological polar surface area (TPSA) is 293 Å². The number of hydrogen-bond donors (Lipinski definition) is 6. The third-order valence-electron chi connectivity index (χ3n) is 10.6. The molecule has 11 amide bonds. The standard InChI is InChI=1S/C40H47N9O13S/c1-5-45-17-19-47(33(55)31(45)53)38(61)43-25(22-13-9-7-10-14-22)29(51)41-21-24(50)49-28(37(59)60)40(3,4)63-35(49)27(36(57)58)42-30(52)26(23-15-11-8-12-16-23)44-39(62)48-20-18-46(6-2)32(54)34(48)56/h7-16,25-28,35H,5-6,17-21H2,1-4H3,(H,41,51)(H,42,52)(H,43,61)(H,44,62)(H,57,58)(H,59,60)/t25-,26-,27?,28+,35?/m1/s1. The van der Waals surface area contributed by atoms with Crippen molar-refractivity contribution in [1.29, 1.82) is 0 Å². The van der Waals surface area contributed by atoms with Gasteiger partial charge in [0.1, 0.15) is 23.5 Å². The first-order valence-electron chi connectivity index (χ1n) is 19.8. The van der Waals surface area contributed by atoms with Gasteiger partial charge in [0, 0.05) is 44.0 Å². The fraction of sp³-hybridized carbons (Fsp3) is 0.425. The zero-order valence-corrected chi connectivity index (χ0v) is 35.5. The molecule has 22 nitrogen and oxygen atoms in total. The van der Waals surface area contributed by atoms with Gasteiger partial charge in [-0.3, -0.25) is 43.4 Å². The van der Waals surface area contributed by atoms with Gasteiger partial charge in [-0.25, -0.2) is 19.2 Å². The van der Waals surface area contributed by atoms with Gasteiger partial charge in [-0.2, -0.15) is 0 Å². The summed E-state index contributed by atoms with van der Waals surface area (Å²) >= 11 is 0.738. The molecule has 0 aromatic heterocycles. The van der Waals surface area contributed by atoms with Crippen molar-refractivity contribution in [1.82, 2.24) is 45.8 Å². The Morgan fingerprint density at radius 1 is 0.667 bits per heavy atom. The first kappa shape index (κ1) is 47.0. The van der Waals surface area contributed by atoms with Crippen LogP contribution in [0.5, 0.6) is 0 Å². The molecule has 2 aromatic rings. The maximum Gasteiger partial charge on any atom is 0.329 e. The summed E-state index contributed by atoms with van der Waals surface area (Å²) in [4.78, 5) is 150. The van der Waals surface area contributed by atoms with E-state index in [1.807, 2.05) is 0 Å². The lowest BCUT2D eigenvalue weighted by atomic mass is 10.0. The fourth-order valence-corrected chi connectivity index (χ4v) is 8.97.